The molecule has 2 N–H and O–H groups in total. The summed E-state index contributed by atoms with van der Waals surface area (Å²) in [4.78, 5) is 16.4. The van der Waals surface area contributed by atoms with Crippen molar-refractivity contribution in [3.8, 4) is 5.69 Å². The summed E-state index contributed by atoms with van der Waals surface area (Å²) in [5.41, 5.74) is 2.56. The van der Waals surface area contributed by atoms with Crippen LogP contribution in [-0.2, 0) is 16.6 Å². The summed E-state index contributed by atoms with van der Waals surface area (Å²) in [5.74, 6) is -0.266. The minimum Gasteiger partial charge on any atom is -0.321 e. The first-order valence-corrected chi connectivity index (χ1v) is 10.9. The van der Waals surface area contributed by atoms with Crippen molar-refractivity contribution in [3.63, 3.8) is 0 Å². The van der Waals surface area contributed by atoms with Crippen molar-refractivity contribution < 1.29 is 13.2 Å². The van der Waals surface area contributed by atoms with Gasteiger partial charge in [0.25, 0.3) is 5.91 Å². The van der Waals surface area contributed by atoms with Crippen LogP contribution in [0.2, 0.25) is 0 Å². The van der Waals surface area contributed by atoms with Crippen molar-refractivity contribution in [3.05, 3.63) is 103 Å². The molecule has 0 atom stereocenters. The second kappa shape index (κ2) is 8.90. The molecule has 156 valence electrons. The maximum atomic E-state index is 12.6. The van der Waals surface area contributed by atoms with Gasteiger partial charge >= 0.3 is 0 Å². The van der Waals surface area contributed by atoms with Crippen LogP contribution in [0.5, 0.6) is 0 Å². The van der Waals surface area contributed by atoms with E-state index < -0.39 is 10.0 Å². The van der Waals surface area contributed by atoms with Crippen LogP contribution in [-0.4, -0.2) is 29.1 Å². The first-order chi connectivity index (χ1) is 15.0. The highest BCUT2D eigenvalue weighted by molar-refractivity contribution is 7.89. The molecule has 0 aliphatic heterocycles. The molecule has 0 saturated carbocycles. The Balaban J connectivity index is 1.37. The van der Waals surface area contributed by atoms with Gasteiger partial charge in [0, 0.05) is 30.7 Å². The van der Waals surface area contributed by atoms with Crippen LogP contribution in [0, 0.1) is 0 Å². The van der Waals surface area contributed by atoms with E-state index in [0.29, 0.717) is 11.3 Å². The van der Waals surface area contributed by atoms with E-state index in [9.17, 15) is 13.2 Å². The molecule has 31 heavy (non-hydrogen) atoms. The minimum absolute atomic E-state index is 0.105. The molecule has 0 saturated heterocycles. The summed E-state index contributed by atoms with van der Waals surface area (Å²) in [5, 5.41) is 6.87. The molecule has 0 radical (unpaired) electrons. The van der Waals surface area contributed by atoms with Gasteiger partial charge in [0.2, 0.25) is 10.0 Å². The number of nitrogens with one attached hydrogen (secondary N) is 2. The summed E-state index contributed by atoms with van der Waals surface area (Å²) < 4.78 is 29.4. The van der Waals surface area contributed by atoms with E-state index in [1.54, 1.807) is 84.1 Å². The lowest BCUT2D eigenvalue weighted by Crippen LogP contribution is -2.23. The predicted molar refractivity (Wildman–Crippen MR) is 116 cm³/mol. The largest absolute Gasteiger partial charge is 0.321 e. The Bertz CT molecular complexity index is 1260. The topological polar surface area (TPSA) is 106 Å². The Hall–Kier alpha value is -3.82. The summed E-state index contributed by atoms with van der Waals surface area (Å²) in [6.45, 7) is 0.105. The van der Waals surface area contributed by atoms with Crippen molar-refractivity contribution in [2.75, 3.05) is 5.32 Å². The van der Waals surface area contributed by atoms with Crippen LogP contribution in [0.1, 0.15) is 15.9 Å². The molecule has 0 aliphatic rings. The van der Waals surface area contributed by atoms with Crippen molar-refractivity contribution in [1.82, 2.24) is 19.5 Å². The Kier molecular flexibility index (Phi) is 5.87. The number of pyridine rings is 1. The average Bonchev–Trinajstić information content (AvgIpc) is 3.34. The smallest absolute Gasteiger partial charge is 0.255 e. The molecule has 4 rings (SSSR count). The SMILES string of the molecule is O=C(Nc1cccnc1)c1ccc(CNS(=O)(=O)c2ccc(-n3cccn3)cc2)cc1. The zero-order valence-electron chi connectivity index (χ0n) is 16.3. The third-order valence-corrected chi connectivity index (χ3v) is 5.93. The number of carbonyl (C=O) groups is 1. The van der Waals surface area contributed by atoms with Crippen LogP contribution in [0.15, 0.2) is 96.4 Å². The second-order valence-electron chi connectivity index (χ2n) is 6.66. The first-order valence-electron chi connectivity index (χ1n) is 9.41. The molecular formula is C22H19N5O3S. The Morgan fingerprint density at radius 2 is 1.71 bits per heavy atom. The van der Waals surface area contributed by atoms with E-state index in [1.165, 1.54) is 12.1 Å². The van der Waals surface area contributed by atoms with Gasteiger partial charge in [0.15, 0.2) is 0 Å². The Morgan fingerprint density at radius 3 is 2.35 bits per heavy atom. The normalized spacial score (nSPS) is 11.2. The lowest BCUT2D eigenvalue weighted by molar-refractivity contribution is 0.102. The summed E-state index contributed by atoms with van der Waals surface area (Å²) in [6.07, 6.45) is 6.62. The molecule has 1 amide bonds. The molecule has 8 nitrogen and oxygen atoms in total. The van der Waals surface area contributed by atoms with Gasteiger partial charge in [-0.1, -0.05) is 12.1 Å². The number of sulfonamides is 1. The number of aromatic nitrogens is 3. The molecule has 4 aromatic rings. The van der Waals surface area contributed by atoms with Crippen molar-refractivity contribution in [2.24, 2.45) is 0 Å². The fourth-order valence-electron chi connectivity index (χ4n) is 2.88. The number of hydrogen-bond acceptors (Lipinski definition) is 5. The van der Waals surface area contributed by atoms with Crippen LogP contribution < -0.4 is 10.0 Å². The lowest BCUT2D eigenvalue weighted by atomic mass is 10.1. The van der Waals surface area contributed by atoms with Gasteiger partial charge in [-0.25, -0.2) is 17.8 Å². The quantitative estimate of drug-likeness (QED) is 0.466. The van der Waals surface area contributed by atoms with Crippen LogP contribution in [0.3, 0.4) is 0 Å². The summed E-state index contributed by atoms with van der Waals surface area (Å²) in [7, 11) is -3.68. The number of amides is 1. The van der Waals surface area contributed by atoms with Gasteiger partial charge in [0.05, 0.1) is 22.5 Å². The molecule has 0 bridgehead atoms. The van der Waals surface area contributed by atoms with Gasteiger partial charge in [-0.3, -0.25) is 9.78 Å². The van der Waals surface area contributed by atoms with E-state index in [1.807, 2.05) is 0 Å². The fourth-order valence-corrected chi connectivity index (χ4v) is 3.89. The number of benzene rings is 2. The van der Waals surface area contributed by atoms with Crippen molar-refractivity contribution in [1.29, 1.82) is 0 Å². The average molecular weight is 433 g/mol. The Morgan fingerprint density at radius 1 is 0.935 bits per heavy atom. The Labute approximate surface area is 179 Å². The zero-order chi connectivity index (χ0) is 21.7. The van der Waals surface area contributed by atoms with Crippen molar-refractivity contribution >= 4 is 21.6 Å². The van der Waals surface area contributed by atoms with E-state index >= 15 is 0 Å². The molecule has 9 heteroatoms. The lowest BCUT2D eigenvalue weighted by Gasteiger charge is -2.09. The van der Waals surface area contributed by atoms with E-state index in [0.717, 1.165) is 11.3 Å². The summed E-state index contributed by atoms with van der Waals surface area (Å²) in [6, 6.07) is 18.4. The van der Waals surface area contributed by atoms with Gasteiger partial charge in [-0.2, -0.15) is 5.10 Å². The number of anilines is 1. The first kappa shape index (κ1) is 20.5. The number of rotatable bonds is 7. The third-order valence-electron chi connectivity index (χ3n) is 4.52. The number of carbonyl (C=O) groups excluding carboxylic acids is 1. The second-order valence-corrected chi connectivity index (χ2v) is 8.43. The van der Waals surface area contributed by atoms with Gasteiger partial charge in [-0.05, 0) is 60.2 Å². The van der Waals surface area contributed by atoms with Crippen LogP contribution >= 0.6 is 0 Å². The standard InChI is InChI=1S/C22H19N5O3S/c28-22(26-19-3-1-12-23-16-19)18-6-4-17(5-7-18)15-25-31(29,30)21-10-8-20(9-11-21)27-14-2-13-24-27/h1-14,16,25H,15H2,(H,26,28). The highest BCUT2D eigenvalue weighted by atomic mass is 32.2. The zero-order valence-corrected chi connectivity index (χ0v) is 17.2. The van der Waals surface area contributed by atoms with Gasteiger partial charge in [-0.15, -0.1) is 0 Å². The van der Waals surface area contributed by atoms with Crippen LogP contribution in [0.25, 0.3) is 5.69 Å². The molecule has 0 unspecified atom stereocenters. The van der Waals surface area contributed by atoms with Crippen molar-refractivity contribution in [2.45, 2.75) is 11.4 Å². The molecular weight excluding hydrogens is 414 g/mol. The van der Waals surface area contributed by atoms with E-state index in [2.05, 4.69) is 20.1 Å². The molecule has 2 aromatic carbocycles. The molecule has 0 aliphatic carbocycles. The molecule has 2 heterocycles. The minimum atomic E-state index is -3.68. The highest BCUT2D eigenvalue weighted by Crippen LogP contribution is 2.14. The maximum absolute atomic E-state index is 12.6. The number of nitrogens with zero attached hydrogens (tertiary/aromatic N) is 3. The van der Waals surface area contributed by atoms with Crippen LogP contribution in [0.4, 0.5) is 5.69 Å². The highest BCUT2D eigenvalue weighted by Gasteiger charge is 2.14. The molecule has 2 aromatic heterocycles. The predicted octanol–water partition coefficient (Wildman–Crippen LogP) is 3.00. The van der Waals surface area contributed by atoms with Gasteiger partial charge < -0.3 is 5.32 Å². The third kappa shape index (κ3) is 5.03. The molecule has 0 spiro atoms. The maximum Gasteiger partial charge on any atom is 0.255 e. The van der Waals surface area contributed by atoms with E-state index in [4.69, 9.17) is 0 Å². The van der Waals surface area contributed by atoms with Gasteiger partial charge in [0.1, 0.15) is 0 Å². The number of hydrogen-bond donors (Lipinski definition) is 2. The summed E-state index contributed by atoms with van der Waals surface area (Å²) >= 11 is 0. The molecule has 0 fully saturated rings. The van der Waals surface area contributed by atoms with E-state index in [-0.39, 0.29) is 17.3 Å². The fraction of sp³-hybridized carbons (Fsp3) is 0.0455. The monoisotopic (exact) mass is 433 g/mol.